The maximum Gasteiger partial charge on any atom is 0.150 e. The number of nitrogens with two attached hydrogens (primary N) is 1. The fourth-order valence-corrected chi connectivity index (χ4v) is 3.10. The summed E-state index contributed by atoms with van der Waals surface area (Å²) in [7, 11) is -2.72. The van der Waals surface area contributed by atoms with Crippen LogP contribution in [0, 0.1) is 5.92 Å². The molecule has 0 aromatic carbocycles. The first-order chi connectivity index (χ1) is 4.64. The molecular formula is C6H13NO2S. The quantitative estimate of drug-likeness (QED) is 0.581. The zero-order valence-corrected chi connectivity index (χ0v) is 6.73. The third-order valence-corrected chi connectivity index (χ3v) is 3.78. The van der Waals surface area contributed by atoms with Gasteiger partial charge in [-0.05, 0) is 25.3 Å². The molecule has 1 fully saturated rings. The van der Waals surface area contributed by atoms with Gasteiger partial charge in [0.2, 0.25) is 0 Å². The van der Waals surface area contributed by atoms with E-state index in [0.717, 1.165) is 12.8 Å². The monoisotopic (exact) mass is 163 g/mol. The molecule has 1 rings (SSSR count). The molecule has 3 nitrogen and oxygen atoms in total. The van der Waals surface area contributed by atoms with Crippen LogP contribution in [0.25, 0.3) is 0 Å². The molecule has 2 N–H and O–H groups in total. The van der Waals surface area contributed by atoms with Gasteiger partial charge in [-0.25, -0.2) is 8.42 Å². The second-order valence-electron chi connectivity index (χ2n) is 2.86. The van der Waals surface area contributed by atoms with Gasteiger partial charge in [-0.1, -0.05) is 0 Å². The highest BCUT2D eigenvalue weighted by atomic mass is 32.2. The van der Waals surface area contributed by atoms with Gasteiger partial charge >= 0.3 is 0 Å². The van der Waals surface area contributed by atoms with E-state index in [0.29, 0.717) is 18.1 Å². The van der Waals surface area contributed by atoms with Gasteiger partial charge in [0.25, 0.3) is 0 Å². The van der Waals surface area contributed by atoms with E-state index in [1.807, 2.05) is 0 Å². The van der Waals surface area contributed by atoms with Gasteiger partial charge in [-0.15, -0.1) is 0 Å². The highest BCUT2D eigenvalue weighted by Gasteiger charge is 2.22. The van der Waals surface area contributed by atoms with Crippen LogP contribution >= 0.6 is 0 Å². The van der Waals surface area contributed by atoms with Crippen LogP contribution in [0.3, 0.4) is 0 Å². The van der Waals surface area contributed by atoms with E-state index in [1.54, 1.807) is 0 Å². The van der Waals surface area contributed by atoms with Gasteiger partial charge in [-0.2, -0.15) is 0 Å². The van der Waals surface area contributed by atoms with Crippen molar-refractivity contribution < 1.29 is 8.42 Å². The molecule has 1 heterocycles. The SMILES string of the molecule is NC[C@H]1CCCS(=O)(=O)C1. The van der Waals surface area contributed by atoms with Crippen LogP contribution in [0.15, 0.2) is 0 Å². The highest BCUT2D eigenvalue weighted by molar-refractivity contribution is 7.91. The maximum absolute atomic E-state index is 11.0. The zero-order valence-electron chi connectivity index (χ0n) is 5.91. The molecule has 0 spiro atoms. The van der Waals surface area contributed by atoms with E-state index < -0.39 is 9.84 Å². The molecule has 4 heteroatoms. The van der Waals surface area contributed by atoms with Crippen molar-refractivity contribution in [2.45, 2.75) is 12.8 Å². The number of hydrogen-bond acceptors (Lipinski definition) is 3. The minimum atomic E-state index is -2.72. The van der Waals surface area contributed by atoms with Gasteiger partial charge in [0, 0.05) is 0 Å². The van der Waals surface area contributed by atoms with Crippen molar-refractivity contribution in [3.8, 4) is 0 Å². The van der Waals surface area contributed by atoms with Crippen molar-refractivity contribution in [1.29, 1.82) is 0 Å². The van der Waals surface area contributed by atoms with E-state index in [2.05, 4.69) is 0 Å². The molecule has 1 aliphatic heterocycles. The van der Waals surface area contributed by atoms with Crippen LogP contribution in [0.1, 0.15) is 12.8 Å². The Kier molecular flexibility index (Phi) is 2.31. The lowest BCUT2D eigenvalue weighted by Crippen LogP contribution is -2.29. The Labute approximate surface area is 61.5 Å². The fourth-order valence-electron chi connectivity index (χ4n) is 1.30. The van der Waals surface area contributed by atoms with E-state index in [9.17, 15) is 8.42 Å². The molecular weight excluding hydrogens is 150 g/mol. The molecule has 60 valence electrons. The van der Waals surface area contributed by atoms with E-state index in [-0.39, 0.29) is 5.92 Å². The van der Waals surface area contributed by atoms with Crippen LogP contribution in [0.4, 0.5) is 0 Å². The molecule has 0 radical (unpaired) electrons. The molecule has 0 aromatic heterocycles. The Bertz CT molecular complexity index is 198. The second-order valence-corrected chi connectivity index (χ2v) is 5.09. The summed E-state index contributed by atoms with van der Waals surface area (Å²) in [5.74, 6) is 0.895. The predicted octanol–water partition coefficient (Wildman–Crippen LogP) is -0.230. The van der Waals surface area contributed by atoms with E-state index in [1.165, 1.54) is 0 Å². The Balaban J connectivity index is 2.56. The van der Waals surface area contributed by atoms with Crippen LogP contribution in [0.5, 0.6) is 0 Å². The van der Waals surface area contributed by atoms with Crippen molar-refractivity contribution in [2.24, 2.45) is 11.7 Å². The summed E-state index contributed by atoms with van der Waals surface area (Å²) in [4.78, 5) is 0. The average molecular weight is 163 g/mol. The Morgan fingerprint density at radius 1 is 1.50 bits per heavy atom. The predicted molar refractivity (Wildman–Crippen MR) is 40.4 cm³/mol. The summed E-state index contributed by atoms with van der Waals surface area (Å²) in [5.41, 5.74) is 5.36. The van der Waals surface area contributed by atoms with Crippen molar-refractivity contribution in [3.63, 3.8) is 0 Å². The van der Waals surface area contributed by atoms with Crippen molar-refractivity contribution >= 4 is 9.84 Å². The summed E-state index contributed by atoms with van der Waals surface area (Å²) in [5, 5.41) is 0. The second kappa shape index (κ2) is 2.88. The molecule has 10 heavy (non-hydrogen) atoms. The van der Waals surface area contributed by atoms with Gasteiger partial charge < -0.3 is 5.73 Å². The minimum Gasteiger partial charge on any atom is -0.330 e. The number of rotatable bonds is 1. The van der Waals surface area contributed by atoms with Crippen LogP contribution in [-0.4, -0.2) is 26.5 Å². The zero-order chi connectivity index (χ0) is 7.61. The summed E-state index contributed by atoms with van der Waals surface area (Å²) in [6.07, 6.45) is 1.78. The van der Waals surface area contributed by atoms with Crippen LogP contribution in [-0.2, 0) is 9.84 Å². The van der Waals surface area contributed by atoms with Crippen molar-refractivity contribution in [2.75, 3.05) is 18.1 Å². The third-order valence-electron chi connectivity index (χ3n) is 1.89. The fraction of sp³-hybridized carbons (Fsp3) is 1.00. The molecule has 0 aromatic rings. The molecule has 0 saturated carbocycles. The lowest BCUT2D eigenvalue weighted by molar-refractivity contribution is 0.493. The average Bonchev–Trinajstić information content (AvgIpc) is 1.86. The summed E-state index contributed by atoms with van der Waals surface area (Å²) < 4.78 is 21.9. The van der Waals surface area contributed by atoms with E-state index >= 15 is 0 Å². The number of sulfone groups is 1. The van der Waals surface area contributed by atoms with Crippen LogP contribution < -0.4 is 5.73 Å². The molecule has 1 saturated heterocycles. The van der Waals surface area contributed by atoms with Gasteiger partial charge in [0.15, 0.2) is 9.84 Å². The van der Waals surface area contributed by atoms with Crippen molar-refractivity contribution in [1.82, 2.24) is 0 Å². The standard InChI is InChI=1S/C6H13NO2S/c7-4-6-2-1-3-10(8,9)5-6/h6H,1-5,7H2/t6-/m1/s1. The van der Waals surface area contributed by atoms with Gasteiger partial charge in [0.1, 0.15) is 0 Å². The number of hydrogen-bond donors (Lipinski definition) is 1. The van der Waals surface area contributed by atoms with E-state index in [4.69, 9.17) is 5.73 Å². The minimum absolute atomic E-state index is 0.221. The largest absolute Gasteiger partial charge is 0.330 e. The highest BCUT2D eigenvalue weighted by Crippen LogP contribution is 2.16. The topological polar surface area (TPSA) is 60.2 Å². The smallest absolute Gasteiger partial charge is 0.150 e. The first-order valence-electron chi connectivity index (χ1n) is 3.54. The molecule has 0 aliphatic carbocycles. The summed E-state index contributed by atoms with van der Waals surface area (Å²) in [6, 6.07) is 0. The van der Waals surface area contributed by atoms with Gasteiger partial charge in [-0.3, -0.25) is 0 Å². The maximum atomic E-state index is 11.0. The molecule has 0 bridgehead atoms. The van der Waals surface area contributed by atoms with Crippen molar-refractivity contribution in [3.05, 3.63) is 0 Å². The Hall–Kier alpha value is -0.0900. The molecule has 0 unspecified atom stereocenters. The first-order valence-corrected chi connectivity index (χ1v) is 5.37. The van der Waals surface area contributed by atoms with Crippen LogP contribution in [0.2, 0.25) is 0 Å². The summed E-state index contributed by atoms with van der Waals surface area (Å²) in [6.45, 7) is 0.513. The third kappa shape index (κ3) is 1.95. The summed E-state index contributed by atoms with van der Waals surface area (Å²) >= 11 is 0. The normalized spacial score (nSPS) is 31.9. The molecule has 1 aliphatic rings. The lowest BCUT2D eigenvalue weighted by atomic mass is 10.1. The van der Waals surface area contributed by atoms with Gasteiger partial charge in [0.05, 0.1) is 11.5 Å². The lowest BCUT2D eigenvalue weighted by Gasteiger charge is -2.19. The molecule has 0 amide bonds. The first kappa shape index (κ1) is 8.01. The Morgan fingerprint density at radius 2 is 2.20 bits per heavy atom. The Morgan fingerprint density at radius 3 is 2.60 bits per heavy atom. The molecule has 1 atom stereocenters.